The fraction of sp³-hybridized carbons (Fsp3) is 0.304. The number of nitrogens with one attached hydrogen (secondary N) is 1. The Bertz CT molecular complexity index is 1100. The van der Waals surface area contributed by atoms with Gasteiger partial charge in [0.2, 0.25) is 0 Å². The van der Waals surface area contributed by atoms with Gasteiger partial charge in [-0.1, -0.05) is 48.0 Å². The molecule has 0 unspecified atom stereocenters. The molecule has 6 nitrogen and oxygen atoms in total. The summed E-state index contributed by atoms with van der Waals surface area (Å²) in [6.07, 6.45) is 4.11. The summed E-state index contributed by atoms with van der Waals surface area (Å²) in [6.45, 7) is 0.741. The molecule has 5 rings (SSSR count). The summed E-state index contributed by atoms with van der Waals surface area (Å²) < 4.78 is 1.59. The Kier molecular flexibility index (Phi) is 4.97. The van der Waals surface area contributed by atoms with Crippen LogP contribution in [0, 0.1) is 5.92 Å². The quantitative estimate of drug-likeness (QED) is 0.658. The number of carbonyl (C=O) groups excluding carboxylic acids is 2. The Morgan fingerprint density at radius 3 is 2.77 bits per heavy atom. The summed E-state index contributed by atoms with van der Waals surface area (Å²) in [7, 11) is 0. The van der Waals surface area contributed by atoms with Crippen molar-refractivity contribution in [2.24, 2.45) is 5.92 Å². The molecule has 0 radical (unpaired) electrons. The van der Waals surface area contributed by atoms with Crippen LogP contribution >= 0.6 is 11.6 Å². The van der Waals surface area contributed by atoms with Gasteiger partial charge in [-0.3, -0.25) is 9.59 Å². The van der Waals surface area contributed by atoms with Crippen molar-refractivity contribution < 1.29 is 9.59 Å². The molecule has 4 atom stereocenters. The number of aromatic nitrogens is 3. The molecule has 2 aliphatic rings. The van der Waals surface area contributed by atoms with Crippen LogP contribution in [0.1, 0.15) is 41.1 Å². The molecule has 7 heteroatoms. The summed E-state index contributed by atoms with van der Waals surface area (Å²) >= 11 is 6.20. The molecule has 0 amide bonds. The third-order valence-corrected chi connectivity index (χ3v) is 6.46. The van der Waals surface area contributed by atoms with Gasteiger partial charge in [0.15, 0.2) is 5.78 Å². The lowest BCUT2D eigenvalue weighted by atomic mass is 9.69. The lowest BCUT2D eigenvalue weighted by Crippen LogP contribution is -2.48. The second-order valence-corrected chi connectivity index (χ2v) is 8.35. The molecule has 3 aromatic rings. The van der Waals surface area contributed by atoms with Crippen LogP contribution in [0.2, 0.25) is 5.02 Å². The van der Waals surface area contributed by atoms with Crippen LogP contribution in [0.5, 0.6) is 0 Å². The highest BCUT2D eigenvalue weighted by molar-refractivity contribution is 6.30. The number of hydrogen-bond acceptors (Lipinski definition) is 5. The molecule has 1 aromatic heterocycles. The molecule has 0 saturated heterocycles. The number of Topliss-reactive ketones (excluding diaryl/α,β-unsaturated/α-hetero) is 2. The van der Waals surface area contributed by atoms with Crippen LogP contribution in [0.4, 0.5) is 0 Å². The number of fused-ring (bicyclic) bond motifs is 1. The van der Waals surface area contributed by atoms with E-state index in [0.717, 1.165) is 24.1 Å². The highest BCUT2D eigenvalue weighted by Crippen LogP contribution is 2.44. The van der Waals surface area contributed by atoms with Gasteiger partial charge in [0, 0.05) is 23.4 Å². The summed E-state index contributed by atoms with van der Waals surface area (Å²) in [5, 5.41) is 8.26. The van der Waals surface area contributed by atoms with Crippen LogP contribution in [-0.4, -0.2) is 32.9 Å². The highest BCUT2D eigenvalue weighted by atomic mass is 35.5. The van der Waals surface area contributed by atoms with Gasteiger partial charge < -0.3 is 5.32 Å². The Balaban J connectivity index is 1.57. The Morgan fingerprint density at radius 2 is 1.97 bits per heavy atom. The standard InChI is InChI=1S/C23H21ClN4O2/c24-16-6-3-5-15(10-16)18-11-19(29)20(23(30)22(18)28-13-25-12-27-28)21-17-7-2-1-4-14(17)8-9-26-21/h1-7,10,12-13,18,20-22,26H,8-9,11H2/t18-,20+,21+,22+/m1/s1. The van der Waals surface area contributed by atoms with Gasteiger partial charge in [0.05, 0.1) is 5.92 Å². The molecular weight excluding hydrogens is 400 g/mol. The largest absolute Gasteiger partial charge is 0.309 e. The molecule has 0 bridgehead atoms. The minimum Gasteiger partial charge on any atom is -0.309 e. The predicted molar refractivity (Wildman–Crippen MR) is 112 cm³/mol. The third kappa shape index (κ3) is 3.26. The zero-order chi connectivity index (χ0) is 20.7. The van der Waals surface area contributed by atoms with Gasteiger partial charge in [0.25, 0.3) is 0 Å². The molecule has 0 spiro atoms. The Hall–Kier alpha value is -2.83. The van der Waals surface area contributed by atoms with Gasteiger partial charge in [-0.2, -0.15) is 5.10 Å². The van der Waals surface area contributed by atoms with Crippen molar-refractivity contribution in [1.29, 1.82) is 0 Å². The van der Waals surface area contributed by atoms with Crippen LogP contribution in [-0.2, 0) is 16.0 Å². The van der Waals surface area contributed by atoms with Gasteiger partial charge in [-0.15, -0.1) is 0 Å². The maximum Gasteiger partial charge on any atom is 0.170 e. The first-order valence-electron chi connectivity index (χ1n) is 10.1. The van der Waals surface area contributed by atoms with E-state index < -0.39 is 12.0 Å². The van der Waals surface area contributed by atoms with Gasteiger partial charge in [-0.05, 0) is 41.8 Å². The van der Waals surface area contributed by atoms with Crippen LogP contribution in [0.15, 0.2) is 61.2 Å². The van der Waals surface area contributed by atoms with Crippen molar-refractivity contribution >= 4 is 23.2 Å². The van der Waals surface area contributed by atoms with Crippen LogP contribution < -0.4 is 5.32 Å². The molecule has 152 valence electrons. The van der Waals surface area contributed by atoms with Crippen LogP contribution in [0.25, 0.3) is 0 Å². The minimum absolute atomic E-state index is 0.0458. The van der Waals surface area contributed by atoms with E-state index >= 15 is 0 Å². The summed E-state index contributed by atoms with van der Waals surface area (Å²) in [5.41, 5.74) is 3.09. The normalized spacial score (nSPS) is 26.4. The molecule has 1 aliphatic carbocycles. The molecule has 1 N–H and O–H groups in total. The number of halogens is 1. The van der Waals surface area contributed by atoms with Crippen molar-refractivity contribution in [2.75, 3.05) is 6.54 Å². The number of hydrogen-bond donors (Lipinski definition) is 1. The van der Waals surface area contributed by atoms with E-state index in [4.69, 9.17) is 11.6 Å². The first kappa shape index (κ1) is 19.2. The van der Waals surface area contributed by atoms with E-state index in [1.165, 1.54) is 11.9 Å². The molecule has 1 saturated carbocycles. The summed E-state index contributed by atoms with van der Waals surface area (Å²) in [5.74, 6) is -1.26. The minimum atomic E-state index is -0.754. The highest BCUT2D eigenvalue weighted by Gasteiger charge is 2.49. The maximum atomic E-state index is 13.8. The molecule has 30 heavy (non-hydrogen) atoms. The SMILES string of the molecule is O=C1C[C@H](c2cccc(Cl)c2)[C@H](n2cncn2)C(=O)[C@@H]1[C@H]1NCCc2ccccc21. The number of benzene rings is 2. The van der Waals surface area contributed by atoms with E-state index in [1.807, 2.05) is 36.4 Å². The monoisotopic (exact) mass is 420 g/mol. The van der Waals surface area contributed by atoms with Gasteiger partial charge in [0.1, 0.15) is 24.5 Å². The second kappa shape index (κ2) is 7.78. The third-order valence-electron chi connectivity index (χ3n) is 6.23. The number of carbonyl (C=O) groups is 2. The van der Waals surface area contributed by atoms with Gasteiger partial charge in [-0.25, -0.2) is 9.67 Å². The van der Waals surface area contributed by atoms with Crippen molar-refractivity contribution in [3.8, 4) is 0 Å². The summed E-state index contributed by atoms with van der Waals surface area (Å²) in [6, 6.07) is 14.5. The lowest BCUT2D eigenvalue weighted by molar-refractivity contribution is -0.141. The Morgan fingerprint density at radius 1 is 1.10 bits per heavy atom. The topological polar surface area (TPSA) is 76.9 Å². The van der Waals surface area contributed by atoms with Crippen molar-refractivity contribution in [3.63, 3.8) is 0 Å². The molecule has 1 fully saturated rings. The number of nitrogens with zero attached hydrogens (tertiary/aromatic N) is 3. The average molecular weight is 421 g/mol. The van der Waals surface area contributed by atoms with E-state index in [1.54, 1.807) is 17.1 Å². The Labute approximate surface area is 179 Å². The van der Waals surface area contributed by atoms with Crippen LogP contribution in [0.3, 0.4) is 0 Å². The van der Waals surface area contributed by atoms with E-state index in [-0.39, 0.29) is 29.9 Å². The van der Waals surface area contributed by atoms with Crippen molar-refractivity contribution in [1.82, 2.24) is 20.1 Å². The molecule has 2 aromatic carbocycles. The van der Waals surface area contributed by atoms with E-state index in [2.05, 4.69) is 21.5 Å². The molecule has 1 aliphatic heterocycles. The first-order valence-corrected chi connectivity index (χ1v) is 10.5. The fourth-order valence-corrected chi connectivity index (χ4v) is 5.09. The maximum absolute atomic E-state index is 13.8. The average Bonchev–Trinajstić information content (AvgIpc) is 3.28. The molecular formula is C23H21ClN4O2. The van der Waals surface area contributed by atoms with Crippen molar-refractivity contribution in [3.05, 3.63) is 82.9 Å². The number of rotatable bonds is 3. The number of ketones is 2. The van der Waals surface area contributed by atoms with Crippen molar-refractivity contribution in [2.45, 2.75) is 30.8 Å². The molecule has 2 heterocycles. The van der Waals surface area contributed by atoms with Gasteiger partial charge >= 0.3 is 0 Å². The summed E-state index contributed by atoms with van der Waals surface area (Å²) in [4.78, 5) is 31.2. The fourth-order valence-electron chi connectivity index (χ4n) is 4.89. The lowest BCUT2D eigenvalue weighted by Gasteiger charge is -2.39. The van der Waals surface area contributed by atoms with E-state index in [0.29, 0.717) is 5.02 Å². The van der Waals surface area contributed by atoms with E-state index in [9.17, 15) is 9.59 Å². The smallest absolute Gasteiger partial charge is 0.170 e. The second-order valence-electron chi connectivity index (χ2n) is 7.91. The zero-order valence-electron chi connectivity index (χ0n) is 16.2. The first-order chi connectivity index (χ1) is 14.6. The predicted octanol–water partition coefficient (Wildman–Crippen LogP) is 3.30. The zero-order valence-corrected chi connectivity index (χ0v) is 17.0.